The van der Waals surface area contributed by atoms with Crippen molar-refractivity contribution in [2.45, 2.75) is 19.4 Å². The molecule has 80 valence electrons. The zero-order valence-corrected chi connectivity index (χ0v) is 8.94. The van der Waals surface area contributed by atoms with Crippen molar-refractivity contribution >= 4 is 12.1 Å². The molecule has 0 radical (unpaired) electrons. The van der Waals surface area contributed by atoms with Gasteiger partial charge in [0.25, 0.3) is 0 Å². The second kappa shape index (κ2) is 4.34. The maximum Gasteiger partial charge on any atom is 0.207 e. The summed E-state index contributed by atoms with van der Waals surface area (Å²) in [6.07, 6.45) is 1.83. The molecule has 2 rings (SSSR count). The molecule has 1 heterocycles. The van der Waals surface area contributed by atoms with Gasteiger partial charge in [0.2, 0.25) is 6.41 Å². The normalized spacial score (nSPS) is 20.3. The lowest BCUT2D eigenvalue weighted by atomic mass is 10.2. The fraction of sp³-hybridized carbons (Fsp3) is 0.417. The van der Waals surface area contributed by atoms with Crippen molar-refractivity contribution in [3.63, 3.8) is 0 Å². The third-order valence-corrected chi connectivity index (χ3v) is 2.89. The van der Waals surface area contributed by atoms with Crippen LogP contribution in [0.1, 0.15) is 12.0 Å². The summed E-state index contributed by atoms with van der Waals surface area (Å²) in [6.45, 7) is 4.03. The fourth-order valence-corrected chi connectivity index (χ4v) is 1.98. The molecule has 1 aromatic carbocycles. The SMILES string of the molecule is Cc1ccc(N2CCC(NC=O)C2)cc1. The standard InChI is InChI=1S/C12H16N2O/c1-10-2-4-12(5-3-10)14-7-6-11(8-14)13-9-15/h2-5,9,11H,6-8H2,1H3,(H,13,15). The molecule has 15 heavy (non-hydrogen) atoms. The van der Waals surface area contributed by atoms with Gasteiger partial charge in [-0.2, -0.15) is 0 Å². The van der Waals surface area contributed by atoms with Gasteiger partial charge in [0.1, 0.15) is 0 Å². The summed E-state index contributed by atoms with van der Waals surface area (Å²) >= 11 is 0. The van der Waals surface area contributed by atoms with E-state index in [4.69, 9.17) is 0 Å². The molecule has 1 atom stereocenters. The molecule has 1 amide bonds. The van der Waals surface area contributed by atoms with E-state index < -0.39 is 0 Å². The Balaban J connectivity index is 2.01. The van der Waals surface area contributed by atoms with Crippen molar-refractivity contribution in [2.24, 2.45) is 0 Å². The summed E-state index contributed by atoms with van der Waals surface area (Å²) in [5, 5.41) is 2.83. The lowest BCUT2D eigenvalue weighted by molar-refractivity contribution is -0.110. The minimum Gasteiger partial charge on any atom is -0.369 e. The van der Waals surface area contributed by atoms with E-state index in [0.717, 1.165) is 25.9 Å². The fourth-order valence-electron chi connectivity index (χ4n) is 1.98. The van der Waals surface area contributed by atoms with Crippen LogP contribution in [0.5, 0.6) is 0 Å². The number of carbonyl (C=O) groups excluding carboxylic acids is 1. The van der Waals surface area contributed by atoms with E-state index in [0.29, 0.717) is 6.04 Å². The third kappa shape index (κ3) is 2.29. The van der Waals surface area contributed by atoms with Crippen LogP contribution < -0.4 is 10.2 Å². The van der Waals surface area contributed by atoms with Gasteiger partial charge < -0.3 is 10.2 Å². The van der Waals surface area contributed by atoms with Crippen LogP contribution in [0.25, 0.3) is 0 Å². The highest BCUT2D eigenvalue weighted by atomic mass is 16.1. The molecule has 1 aliphatic heterocycles. The summed E-state index contributed by atoms with van der Waals surface area (Å²) in [4.78, 5) is 12.6. The minimum absolute atomic E-state index is 0.309. The molecule has 0 spiro atoms. The molecule has 1 aromatic rings. The zero-order chi connectivity index (χ0) is 10.7. The molecule has 1 fully saturated rings. The van der Waals surface area contributed by atoms with E-state index in [1.165, 1.54) is 11.3 Å². The highest BCUT2D eigenvalue weighted by Gasteiger charge is 2.21. The summed E-state index contributed by atoms with van der Waals surface area (Å²) in [6, 6.07) is 8.83. The molecule has 0 saturated carbocycles. The van der Waals surface area contributed by atoms with Crippen LogP contribution in [0.4, 0.5) is 5.69 Å². The average molecular weight is 204 g/mol. The van der Waals surface area contributed by atoms with Crippen molar-refractivity contribution < 1.29 is 4.79 Å². The first kappa shape index (κ1) is 10.0. The lowest BCUT2D eigenvalue weighted by Gasteiger charge is -2.18. The van der Waals surface area contributed by atoms with Crippen LogP contribution in [0.3, 0.4) is 0 Å². The molecule has 0 bridgehead atoms. The molecule has 0 aliphatic carbocycles. The minimum atomic E-state index is 0.309. The Morgan fingerprint density at radius 2 is 2.13 bits per heavy atom. The van der Waals surface area contributed by atoms with Gasteiger partial charge in [-0.1, -0.05) is 17.7 Å². The first-order valence-corrected chi connectivity index (χ1v) is 5.31. The number of aryl methyl sites for hydroxylation is 1. The lowest BCUT2D eigenvalue weighted by Crippen LogP contribution is -2.31. The molecule has 1 unspecified atom stereocenters. The molecule has 0 aromatic heterocycles. The Morgan fingerprint density at radius 3 is 2.80 bits per heavy atom. The zero-order valence-electron chi connectivity index (χ0n) is 8.94. The quantitative estimate of drug-likeness (QED) is 0.753. The van der Waals surface area contributed by atoms with Crippen molar-refractivity contribution in [2.75, 3.05) is 18.0 Å². The third-order valence-electron chi connectivity index (χ3n) is 2.89. The van der Waals surface area contributed by atoms with E-state index >= 15 is 0 Å². The Morgan fingerprint density at radius 1 is 1.40 bits per heavy atom. The van der Waals surface area contributed by atoms with E-state index in [1.54, 1.807) is 0 Å². The van der Waals surface area contributed by atoms with Gasteiger partial charge in [-0.05, 0) is 25.5 Å². The molecule has 3 nitrogen and oxygen atoms in total. The van der Waals surface area contributed by atoms with Crippen LogP contribution in [-0.2, 0) is 4.79 Å². The van der Waals surface area contributed by atoms with Crippen LogP contribution in [-0.4, -0.2) is 25.5 Å². The number of nitrogens with one attached hydrogen (secondary N) is 1. The van der Waals surface area contributed by atoms with Gasteiger partial charge in [0, 0.05) is 24.8 Å². The average Bonchev–Trinajstić information content (AvgIpc) is 2.68. The highest BCUT2D eigenvalue weighted by Crippen LogP contribution is 2.20. The summed E-state index contributed by atoms with van der Waals surface area (Å²) in [7, 11) is 0. The number of amides is 1. The molecular formula is C12H16N2O. The van der Waals surface area contributed by atoms with Crippen LogP contribution in [0.2, 0.25) is 0 Å². The van der Waals surface area contributed by atoms with Crippen molar-refractivity contribution in [1.82, 2.24) is 5.32 Å². The smallest absolute Gasteiger partial charge is 0.207 e. The maximum absolute atomic E-state index is 10.3. The molecule has 1 saturated heterocycles. The van der Waals surface area contributed by atoms with Gasteiger partial charge in [0.05, 0.1) is 0 Å². The second-order valence-corrected chi connectivity index (χ2v) is 4.05. The van der Waals surface area contributed by atoms with E-state index in [2.05, 4.69) is 41.4 Å². The van der Waals surface area contributed by atoms with Gasteiger partial charge in [-0.3, -0.25) is 4.79 Å². The highest BCUT2D eigenvalue weighted by molar-refractivity contribution is 5.51. The number of carbonyl (C=O) groups is 1. The number of nitrogens with zero attached hydrogens (tertiary/aromatic N) is 1. The predicted octanol–water partition coefficient (Wildman–Crippen LogP) is 1.32. The molecule has 1 aliphatic rings. The molecular weight excluding hydrogens is 188 g/mol. The Hall–Kier alpha value is -1.51. The van der Waals surface area contributed by atoms with E-state index in [9.17, 15) is 4.79 Å². The van der Waals surface area contributed by atoms with Gasteiger partial charge in [-0.25, -0.2) is 0 Å². The first-order chi connectivity index (χ1) is 7.29. The summed E-state index contributed by atoms with van der Waals surface area (Å²) < 4.78 is 0. The number of anilines is 1. The van der Waals surface area contributed by atoms with Crippen LogP contribution >= 0.6 is 0 Å². The topological polar surface area (TPSA) is 32.3 Å². The Labute approximate surface area is 90.1 Å². The van der Waals surface area contributed by atoms with Crippen molar-refractivity contribution in [1.29, 1.82) is 0 Å². The largest absolute Gasteiger partial charge is 0.369 e. The van der Waals surface area contributed by atoms with Gasteiger partial charge in [-0.15, -0.1) is 0 Å². The number of benzene rings is 1. The first-order valence-electron chi connectivity index (χ1n) is 5.31. The van der Waals surface area contributed by atoms with Gasteiger partial charge >= 0.3 is 0 Å². The summed E-state index contributed by atoms with van der Waals surface area (Å²) in [5.41, 5.74) is 2.52. The predicted molar refractivity (Wildman–Crippen MR) is 61.0 cm³/mol. The number of hydrogen-bond acceptors (Lipinski definition) is 2. The van der Waals surface area contributed by atoms with Gasteiger partial charge in [0.15, 0.2) is 0 Å². The Kier molecular flexibility index (Phi) is 2.90. The van der Waals surface area contributed by atoms with Crippen LogP contribution in [0, 0.1) is 6.92 Å². The maximum atomic E-state index is 10.3. The van der Waals surface area contributed by atoms with E-state index in [-0.39, 0.29) is 0 Å². The molecule has 1 N–H and O–H groups in total. The van der Waals surface area contributed by atoms with E-state index in [1.807, 2.05) is 0 Å². The number of hydrogen-bond donors (Lipinski definition) is 1. The number of rotatable bonds is 3. The molecule has 3 heteroatoms. The van der Waals surface area contributed by atoms with Crippen molar-refractivity contribution in [3.05, 3.63) is 29.8 Å². The van der Waals surface area contributed by atoms with Crippen LogP contribution in [0.15, 0.2) is 24.3 Å². The van der Waals surface area contributed by atoms with Crippen molar-refractivity contribution in [3.8, 4) is 0 Å². The monoisotopic (exact) mass is 204 g/mol. The second-order valence-electron chi connectivity index (χ2n) is 4.05. The Bertz CT molecular complexity index is 334. The summed E-state index contributed by atoms with van der Waals surface area (Å²) in [5.74, 6) is 0.